The van der Waals surface area contributed by atoms with Gasteiger partial charge in [-0.1, -0.05) is 68.8 Å². The smallest absolute Gasteiger partial charge is 0.264 e. The second-order valence-electron chi connectivity index (χ2n) is 11.8. The molecule has 0 spiro atoms. The summed E-state index contributed by atoms with van der Waals surface area (Å²) in [7, 11) is -3.95. The van der Waals surface area contributed by atoms with E-state index in [1.54, 1.807) is 30.3 Å². The summed E-state index contributed by atoms with van der Waals surface area (Å²) in [5.41, 5.74) is 4.33. The summed E-state index contributed by atoms with van der Waals surface area (Å²) in [4.78, 5) is 15.9. The molecule has 0 aromatic heterocycles. The van der Waals surface area contributed by atoms with Gasteiger partial charge in [0.2, 0.25) is 0 Å². The summed E-state index contributed by atoms with van der Waals surface area (Å²) in [5.74, 6) is 0.00540. The fourth-order valence-corrected chi connectivity index (χ4v) is 6.55. The molecule has 0 bridgehead atoms. The van der Waals surface area contributed by atoms with Crippen LogP contribution in [0, 0.1) is 6.92 Å². The number of carbonyl (C=O) groups excluding carboxylic acids is 1. The maximum absolute atomic E-state index is 13.9. The highest BCUT2D eigenvalue weighted by molar-refractivity contribution is 7.92. The predicted octanol–water partition coefficient (Wildman–Crippen LogP) is 4.40. The Hall–Kier alpha value is -3.40. The number of nitrogens with one attached hydrogen (secondary N) is 1. The third-order valence-electron chi connectivity index (χ3n) is 7.56. The zero-order valence-corrected chi connectivity index (χ0v) is 25.0. The number of ether oxygens (including phenoxy) is 2. The Morgan fingerprint density at radius 1 is 0.976 bits per heavy atom. The van der Waals surface area contributed by atoms with Crippen molar-refractivity contribution in [2.75, 3.05) is 37.2 Å². The maximum atomic E-state index is 13.9. The third kappa shape index (κ3) is 6.74. The first-order chi connectivity index (χ1) is 19.5. The van der Waals surface area contributed by atoms with E-state index in [2.05, 4.69) is 43.1 Å². The van der Waals surface area contributed by atoms with Gasteiger partial charge in [-0.25, -0.2) is 8.42 Å². The van der Waals surface area contributed by atoms with Crippen molar-refractivity contribution in [3.05, 3.63) is 89.0 Å². The number of sulfonamides is 1. The van der Waals surface area contributed by atoms with E-state index < -0.39 is 16.1 Å². The molecule has 3 aromatic carbocycles. The topological polar surface area (TPSA) is 88.2 Å². The molecule has 0 radical (unpaired) electrons. The van der Waals surface area contributed by atoms with Gasteiger partial charge in [-0.05, 0) is 53.3 Å². The van der Waals surface area contributed by atoms with Gasteiger partial charge in [-0.2, -0.15) is 0 Å². The fraction of sp³-hybridized carbons (Fsp3) is 0.406. The number of morpholine rings is 1. The first kappa shape index (κ1) is 29.1. The van der Waals surface area contributed by atoms with E-state index >= 15 is 0 Å². The molecule has 2 aliphatic rings. The average molecular weight is 578 g/mol. The van der Waals surface area contributed by atoms with Gasteiger partial charge in [0.25, 0.3) is 15.9 Å². The first-order valence-corrected chi connectivity index (χ1v) is 15.5. The molecule has 0 unspecified atom stereocenters. The molecule has 8 nitrogen and oxygen atoms in total. The fourth-order valence-electron chi connectivity index (χ4n) is 5.08. The van der Waals surface area contributed by atoms with Crippen molar-refractivity contribution in [2.24, 2.45) is 0 Å². The molecule has 5 rings (SSSR count). The van der Waals surface area contributed by atoms with Crippen LogP contribution in [-0.2, 0) is 38.1 Å². The molecule has 3 aromatic rings. The summed E-state index contributed by atoms with van der Waals surface area (Å²) >= 11 is 0. The number of aryl methyl sites for hydroxylation is 1. The van der Waals surface area contributed by atoms with Gasteiger partial charge in [0, 0.05) is 26.2 Å². The van der Waals surface area contributed by atoms with Gasteiger partial charge in [0.15, 0.2) is 6.10 Å². The molecule has 0 aliphatic carbocycles. The van der Waals surface area contributed by atoms with Gasteiger partial charge in [0.05, 0.1) is 30.3 Å². The Balaban J connectivity index is 1.36. The molecule has 1 saturated heterocycles. The number of rotatable bonds is 7. The molecule has 2 aliphatic heterocycles. The Labute approximate surface area is 243 Å². The zero-order valence-electron chi connectivity index (χ0n) is 24.2. The first-order valence-electron chi connectivity index (χ1n) is 14.1. The number of amides is 1. The largest absolute Gasteiger partial charge is 0.476 e. The van der Waals surface area contributed by atoms with Gasteiger partial charge < -0.3 is 14.8 Å². The molecule has 41 heavy (non-hydrogen) atoms. The Bertz CT molecular complexity index is 1490. The molecule has 2 heterocycles. The van der Waals surface area contributed by atoms with Crippen LogP contribution >= 0.6 is 0 Å². The highest BCUT2D eigenvalue weighted by Gasteiger charge is 2.38. The normalized spacial score (nSPS) is 18.0. The lowest BCUT2D eigenvalue weighted by molar-refractivity contribution is -0.127. The van der Waals surface area contributed by atoms with E-state index in [1.807, 2.05) is 31.2 Å². The van der Waals surface area contributed by atoms with E-state index in [9.17, 15) is 13.2 Å². The Morgan fingerprint density at radius 2 is 1.68 bits per heavy atom. The van der Waals surface area contributed by atoms with Gasteiger partial charge in [-0.3, -0.25) is 14.0 Å². The molecule has 9 heteroatoms. The van der Waals surface area contributed by atoms with E-state index in [4.69, 9.17) is 9.47 Å². The third-order valence-corrected chi connectivity index (χ3v) is 9.36. The lowest BCUT2D eigenvalue weighted by Crippen LogP contribution is -2.50. The van der Waals surface area contributed by atoms with Crippen LogP contribution < -0.4 is 14.4 Å². The summed E-state index contributed by atoms with van der Waals surface area (Å²) in [6, 6.07) is 20.5. The molecule has 1 atom stereocenters. The van der Waals surface area contributed by atoms with Crippen LogP contribution in [0.5, 0.6) is 5.75 Å². The number of hydrogen-bond acceptors (Lipinski definition) is 6. The van der Waals surface area contributed by atoms with Crippen LogP contribution in [0.25, 0.3) is 0 Å². The lowest BCUT2D eigenvalue weighted by Gasteiger charge is -2.36. The quantitative estimate of drug-likeness (QED) is 0.448. The minimum Gasteiger partial charge on any atom is -0.476 e. The van der Waals surface area contributed by atoms with Crippen LogP contribution in [0.2, 0.25) is 0 Å². The molecule has 0 saturated carbocycles. The number of hydrogen-bond donors (Lipinski definition) is 1. The second-order valence-corrected chi connectivity index (χ2v) is 13.7. The van der Waals surface area contributed by atoms with Crippen molar-refractivity contribution in [3.8, 4) is 5.75 Å². The van der Waals surface area contributed by atoms with Gasteiger partial charge in [0.1, 0.15) is 5.75 Å². The van der Waals surface area contributed by atoms with Crippen LogP contribution in [0.4, 0.5) is 5.69 Å². The van der Waals surface area contributed by atoms with Crippen molar-refractivity contribution in [3.63, 3.8) is 0 Å². The molecular weight excluding hydrogens is 538 g/mol. The second kappa shape index (κ2) is 11.8. The number of benzene rings is 3. The number of nitrogens with zero attached hydrogens (tertiary/aromatic N) is 2. The predicted molar refractivity (Wildman–Crippen MR) is 160 cm³/mol. The van der Waals surface area contributed by atoms with E-state index in [0.717, 1.165) is 49.5 Å². The van der Waals surface area contributed by atoms with E-state index in [1.165, 1.54) is 9.87 Å². The number of anilines is 1. The lowest BCUT2D eigenvalue weighted by atomic mass is 9.86. The van der Waals surface area contributed by atoms with Crippen molar-refractivity contribution >= 4 is 21.6 Å². The van der Waals surface area contributed by atoms with Crippen molar-refractivity contribution in [1.82, 2.24) is 10.2 Å². The van der Waals surface area contributed by atoms with Crippen LogP contribution in [0.3, 0.4) is 0 Å². The van der Waals surface area contributed by atoms with Gasteiger partial charge in [-0.15, -0.1) is 0 Å². The van der Waals surface area contributed by atoms with E-state index in [-0.39, 0.29) is 22.8 Å². The molecule has 1 fully saturated rings. The number of carbonyl (C=O) groups is 1. The summed E-state index contributed by atoms with van der Waals surface area (Å²) in [5, 5.41) is 2.97. The van der Waals surface area contributed by atoms with Crippen molar-refractivity contribution in [2.45, 2.75) is 57.2 Å². The monoisotopic (exact) mass is 577 g/mol. The minimum atomic E-state index is -3.95. The summed E-state index contributed by atoms with van der Waals surface area (Å²) < 4.78 is 40.7. The van der Waals surface area contributed by atoms with Crippen LogP contribution in [0.1, 0.15) is 43.0 Å². The Morgan fingerprint density at radius 3 is 2.39 bits per heavy atom. The van der Waals surface area contributed by atoms with E-state index in [0.29, 0.717) is 18.0 Å². The zero-order chi connectivity index (χ0) is 29.2. The summed E-state index contributed by atoms with van der Waals surface area (Å²) in [6.07, 6.45) is -1.00. The molecule has 1 N–H and O–H groups in total. The number of fused-ring (bicyclic) bond motifs is 1. The minimum absolute atomic E-state index is 0.125. The molecule has 1 amide bonds. The van der Waals surface area contributed by atoms with Crippen molar-refractivity contribution in [1.29, 1.82) is 0 Å². The maximum Gasteiger partial charge on any atom is 0.264 e. The van der Waals surface area contributed by atoms with Gasteiger partial charge >= 0.3 is 0 Å². The SMILES string of the molecule is Cc1ccc(S(=O)(=O)N2C[C@H](C(=O)NCc3cccc(CN4CCOCC4)c3)Oc3ccc(C(C)(C)C)cc32)cc1. The highest BCUT2D eigenvalue weighted by Crippen LogP contribution is 2.40. The van der Waals surface area contributed by atoms with Crippen molar-refractivity contribution < 1.29 is 22.7 Å². The molecular formula is C32H39N3O5S. The summed E-state index contributed by atoms with van der Waals surface area (Å²) in [6.45, 7) is 12.4. The molecule has 218 valence electrons. The average Bonchev–Trinajstić information content (AvgIpc) is 2.95. The standard InChI is InChI=1S/C32H39N3O5S/c1-23-8-11-27(12-9-23)41(37,38)35-22-30(40-29-13-10-26(19-28(29)35)32(2,3)4)31(36)33-20-24-6-5-7-25(18-24)21-34-14-16-39-17-15-34/h5-13,18-19,30H,14-17,20-22H2,1-4H3,(H,33,36)/t30-/m1/s1. The van der Waals surface area contributed by atoms with Crippen LogP contribution in [-0.4, -0.2) is 58.2 Å². The Kier molecular flexibility index (Phi) is 8.40. The highest BCUT2D eigenvalue weighted by atomic mass is 32.2. The van der Waals surface area contributed by atoms with Crippen LogP contribution in [0.15, 0.2) is 71.6 Å².